The molecule has 0 N–H and O–H groups in total. The highest BCUT2D eigenvalue weighted by molar-refractivity contribution is 6.14. The minimum Gasteiger partial charge on any atom is -0.274 e. The number of carbonyl (C=O) groups excluding carboxylic acids is 3. The van der Waals surface area contributed by atoms with Crippen molar-refractivity contribution in [1.82, 2.24) is 9.80 Å². The van der Waals surface area contributed by atoms with Crippen molar-refractivity contribution >= 4 is 17.8 Å². The predicted octanol–water partition coefficient (Wildman–Crippen LogP) is 3.59. The molecule has 1 heterocycles. The van der Waals surface area contributed by atoms with Crippen molar-refractivity contribution in [3.63, 3.8) is 0 Å². The highest BCUT2D eigenvalue weighted by Crippen LogP contribution is 2.25. The van der Waals surface area contributed by atoms with Gasteiger partial charge in [0.25, 0.3) is 0 Å². The molecule has 0 saturated carbocycles. The van der Waals surface area contributed by atoms with Gasteiger partial charge in [-0.2, -0.15) is 0 Å². The second-order valence-corrected chi connectivity index (χ2v) is 6.22. The van der Waals surface area contributed by atoms with E-state index >= 15 is 0 Å². The molecule has 7 heteroatoms. The molecule has 2 atom stereocenters. The number of hydrogen-bond acceptors (Lipinski definition) is 3. The lowest BCUT2D eigenvalue weighted by Crippen LogP contribution is -2.56. The maximum Gasteiger partial charge on any atom is 0.333 e. The second-order valence-electron chi connectivity index (χ2n) is 6.22. The first-order valence-corrected chi connectivity index (χ1v) is 8.50. The molecule has 0 radical (unpaired) electrons. The van der Waals surface area contributed by atoms with Crippen molar-refractivity contribution in [3.05, 3.63) is 71.8 Å². The summed E-state index contributed by atoms with van der Waals surface area (Å²) in [6.45, 7) is -1.04. The van der Waals surface area contributed by atoms with Gasteiger partial charge in [-0.25, -0.2) is 13.6 Å². The van der Waals surface area contributed by atoms with Gasteiger partial charge in [-0.1, -0.05) is 60.7 Å². The van der Waals surface area contributed by atoms with Gasteiger partial charge in [0.15, 0.2) is 0 Å². The molecule has 4 amide bonds. The summed E-state index contributed by atoms with van der Waals surface area (Å²) in [5.41, 5.74) is 0.628. The highest BCUT2D eigenvalue weighted by atomic mass is 19.1. The van der Waals surface area contributed by atoms with E-state index in [1.54, 1.807) is 60.7 Å². The van der Waals surface area contributed by atoms with E-state index in [2.05, 4.69) is 0 Å². The van der Waals surface area contributed by atoms with E-state index in [4.69, 9.17) is 0 Å². The summed E-state index contributed by atoms with van der Waals surface area (Å²) in [6.07, 6.45) is -3.77. The third-order valence-electron chi connectivity index (χ3n) is 4.37. The quantitative estimate of drug-likeness (QED) is 0.728. The molecule has 0 unspecified atom stereocenters. The summed E-state index contributed by atoms with van der Waals surface area (Å²) >= 11 is 0. The van der Waals surface area contributed by atoms with Crippen LogP contribution in [0, 0.1) is 0 Å². The number of barbiturate groups is 1. The Morgan fingerprint density at radius 1 is 0.704 bits per heavy atom. The molecule has 0 aromatic heterocycles. The van der Waals surface area contributed by atoms with Crippen LogP contribution in [0.5, 0.6) is 0 Å². The first-order chi connectivity index (χ1) is 13.0. The van der Waals surface area contributed by atoms with Gasteiger partial charge in [0.05, 0.1) is 13.1 Å². The van der Waals surface area contributed by atoms with Crippen LogP contribution in [0.25, 0.3) is 0 Å². The number of benzene rings is 2. The molecule has 1 fully saturated rings. The molecular weight excluding hydrogens is 354 g/mol. The smallest absolute Gasteiger partial charge is 0.274 e. The maximum atomic E-state index is 14.5. The Hall–Kier alpha value is -3.09. The lowest BCUT2D eigenvalue weighted by molar-refractivity contribution is -0.143. The molecule has 1 aliphatic heterocycles. The molecule has 2 aromatic rings. The van der Waals surface area contributed by atoms with Gasteiger partial charge in [-0.3, -0.25) is 19.4 Å². The summed E-state index contributed by atoms with van der Waals surface area (Å²) in [4.78, 5) is 38.1. The third kappa shape index (κ3) is 4.19. The van der Waals surface area contributed by atoms with Gasteiger partial charge in [-0.15, -0.1) is 0 Å². The number of nitrogens with zero attached hydrogens (tertiary/aromatic N) is 2. The van der Waals surface area contributed by atoms with Crippen LogP contribution in [0.4, 0.5) is 13.6 Å². The van der Waals surface area contributed by atoms with Gasteiger partial charge in [-0.05, 0) is 11.1 Å². The Morgan fingerprint density at radius 2 is 1.07 bits per heavy atom. The van der Waals surface area contributed by atoms with E-state index in [0.717, 1.165) is 0 Å². The fourth-order valence-electron chi connectivity index (χ4n) is 2.89. The standard InChI is InChI=1S/C20H18F2N2O3/c21-16(14-7-3-1-4-8-14)12-23-18(25)11-19(26)24(20(23)27)13-17(22)15-9-5-2-6-10-15/h1-10,16-17H,11-13H2/t16-,17-/m0/s1. The van der Waals surface area contributed by atoms with Gasteiger partial charge in [0, 0.05) is 0 Å². The van der Waals surface area contributed by atoms with Crippen molar-refractivity contribution in [2.75, 3.05) is 13.1 Å². The van der Waals surface area contributed by atoms with Gasteiger partial charge < -0.3 is 0 Å². The summed E-state index contributed by atoms with van der Waals surface area (Å²) in [7, 11) is 0. The summed E-state index contributed by atoms with van der Waals surface area (Å²) in [5, 5.41) is 0. The first kappa shape index (κ1) is 18.7. The molecule has 0 aliphatic carbocycles. The minimum absolute atomic E-state index is 0.314. The monoisotopic (exact) mass is 372 g/mol. The lowest BCUT2D eigenvalue weighted by Gasteiger charge is -2.34. The number of urea groups is 1. The lowest BCUT2D eigenvalue weighted by atomic mass is 10.1. The number of amides is 4. The Kier molecular flexibility index (Phi) is 5.59. The van der Waals surface area contributed by atoms with Crippen LogP contribution in [0.3, 0.4) is 0 Å². The minimum atomic E-state index is -1.59. The van der Waals surface area contributed by atoms with Crippen LogP contribution in [0.1, 0.15) is 29.9 Å². The van der Waals surface area contributed by atoms with Crippen LogP contribution < -0.4 is 0 Å². The average molecular weight is 372 g/mol. The predicted molar refractivity (Wildman–Crippen MR) is 94.0 cm³/mol. The fraction of sp³-hybridized carbons (Fsp3) is 0.250. The Bertz CT molecular complexity index is 762. The molecule has 27 heavy (non-hydrogen) atoms. The SMILES string of the molecule is O=C1CC(=O)N(C[C@H](F)c2ccccc2)C(=O)N1C[C@H](F)c1ccccc1. The Balaban J connectivity index is 1.73. The zero-order chi connectivity index (χ0) is 19.4. The third-order valence-corrected chi connectivity index (χ3v) is 4.37. The largest absolute Gasteiger partial charge is 0.333 e. The maximum absolute atomic E-state index is 14.5. The van der Waals surface area contributed by atoms with E-state index in [0.29, 0.717) is 20.9 Å². The van der Waals surface area contributed by atoms with E-state index < -0.39 is 49.7 Å². The molecule has 1 aliphatic rings. The van der Waals surface area contributed by atoms with Crippen LogP contribution in [-0.2, 0) is 9.59 Å². The van der Waals surface area contributed by atoms with Crippen LogP contribution in [-0.4, -0.2) is 40.7 Å². The van der Waals surface area contributed by atoms with Gasteiger partial charge in [0.1, 0.15) is 18.8 Å². The van der Waals surface area contributed by atoms with Crippen molar-refractivity contribution in [2.45, 2.75) is 18.8 Å². The molecule has 2 aromatic carbocycles. The van der Waals surface area contributed by atoms with Gasteiger partial charge >= 0.3 is 6.03 Å². The van der Waals surface area contributed by atoms with Gasteiger partial charge in [0.2, 0.25) is 11.8 Å². The molecule has 140 valence electrons. The molecular formula is C20H18F2N2O3. The average Bonchev–Trinajstić information content (AvgIpc) is 2.69. The molecule has 3 rings (SSSR count). The molecule has 0 spiro atoms. The topological polar surface area (TPSA) is 57.7 Å². The van der Waals surface area contributed by atoms with Crippen LogP contribution in [0.2, 0.25) is 0 Å². The number of hydrogen-bond donors (Lipinski definition) is 0. The van der Waals surface area contributed by atoms with Crippen molar-refractivity contribution in [1.29, 1.82) is 0 Å². The molecule has 0 bridgehead atoms. The Labute approximate surface area is 155 Å². The number of rotatable bonds is 6. The molecule has 5 nitrogen and oxygen atoms in total. The number of halogens is 2. The summed E-state index contributed by atoms with van der Waals surface area (Å²) < 4.78 is 29.0. The zero-order valence-corrected chi connectivity index (χ0v) is 14.4. The number of alkyl halides is 2. The van der Waals surface area contributed by atoms with E-state index in [-0.39, 0.29) is 0 Å². The van der Waals surface area contributed by atoms with Crippen LogP contribution >= 0.6 is 0 Å². The second kappa shape index (κ2) is 8.07. The first-order valence-electron chi connectivity index (χ1n) is 8.50. The van der Waals surface area contributed by atoms with Crippen LogP contribution in [0.15, 0.2) is 60.7 Å². The van der Waals surface area contributed by atoms with E-state index in [1.165, 1.54) is 0 Å². The van der Waals surface area contributed by atoms with Crippen molar-refractivity contribution < 1.29 is 23.2 Å². The number of carbonyl (C=O) groups is 3. The normalized spacial score (nSPS) is 17.2. The van der Waals surface area contributed by atoms with Crippen molar-refractivity contribution in [3.8, 4) is 0 Å². The van der Waals surface area contributed by atoms with E-state index in [1.807, 2.05) is 0 Å². The fourth-order valence-corrected chi connectivity index (χ4v) is 2.89. The summed E-state index contributed by atoms with van der Waals surface area (Å²) in [5.74, 6) is -1.56. The summed E-state index contributed by atoms with van der Waals surface area (Å²) in [6, 6.07) is 15.2. The highest BCUT2D eigenvalue weighted by Gasteiger charge is 2.40. The zero-order valence-electron chi connectivity index (χ0n) is 14.4. The molecule has 1 saturated heterocycles. The number of imide groups is 2. The van der Waals surface area contributed by atoms with Crippen molar-refractivity contribution in [2.24, 2.45) is 0 Å². The Morgan fingerprint density at radius 3 is 1.44 bits per heavy atom. The van der Waals surface area contributed by atoms with E-state index in [9.17, 15) is 23.2 Å².